The Hall–Kier alpha value is -2.74. The van der Waals surface area contributed by atoms with Crippen LogP contribution in [0.4, 0.5) is 23.1 Å². The number of aromatic nitrogens is 3. The molecule has 130 valence electrons. The first-order chi connectivity index (χ1) is 11.9. The molecule has 2 aromatic heterocycles. The predicted octanol–water partition coefficient (Wildman–Crippen LogP) is 1.55. The molecule has 1 saturated heterocycles. The summed E-state index contributed by atoms with van der Waals surface area (Å²) in [5.74, 6) is 2.07. The lowest BCUT2D eigenvalue weighted by atomic mass is 9.56. The van der Waals surface area contributed by atoms with E-state index in [-0.39, 0.29) is 5.41 Å². The second-order valence-electron chi connectivity index (χ2n) is 7.44. The Balaban J connectivity index is 1.44. The molecule has 2 fully saturated rings. The van der Waals surface area contributed by atoms with E-state index in [0.29, 0.717) is 22.9 Å². The summed E-state index contributed by atoms with van der Waals surface area (Å²) in [6.07, 6.45) is 5.96. The van der Waals surface area contributed by atoms with E-state index in [1.807, 2.05) is 13.0 Å². The zero-order chi connectivity index (χ0) is 17.7. The van der Waals surface area contributed by atoms with Gasteiger partial charge in [0.05, 0.1) is 5.60 Å². The molecule has 5 N–H and O–H groups in total. The van der Waals surface area contributed by atoms with E-state index in [2.05, 4.69) is 25.2 Å². The molecular weight excluding hydrogens is 318 g/mol. The minimum Gasteiger partial charge on any atom is -0.398 e. The van der Waals surface area contributed by atoms with E-state index in [4.69, 9.17) is 11.1 Å². The van der Waals surface area contributed by atoms with Crippen molar-refractivity contribution < 1.29 is 5.11 Å². The summed E-state index contributed by atoms with van der Waals surface area (Å²) in [6, 6.07) is 3.56. The molecule has 0 aromatic carbocycles. The molecule has 2 aromatic rings. The first kappa shape index (κ1) is 15.8. The molecule has 25 heavy (non-hydrogen) atoms. The van der Waals surface area contributed by atoms with Crippen molar-refractivity contribution in [3.8, 4) is 0 Å². The number of anilines is 4. The highest BCUT2D eigenvalue weighted by atomic mass is 16.3. The van der Waals surface area contributed by atoms with Crippen molar-refractivity contribution in [2.45, 2.75) is 25.4 Å². The number of hydrogen-bond donors (Lipinski definition) is 4. The lowest BCUT2D eigenvalue weighted by Crippen LogP contribution is -2.67. The summed E-state index contributed by atoms with van der Waals surface area (Å²) in [7, 11) is 0. The number of nitrogens with one attached hydrogen (secondary N) is 2. The van der Waals surface area contributed by atoms with E-state index in [1.54, 1.807) is 12.3 Å². The van der Waals surface area contributed by atoms with E-state index in [9.17, 15) is 5.11 Å². The third kappa shape index (κ3) is 2.89. The standard InChI is InChI=1S/C17H21N7O/c1-16(25)6-17(7-16)8-24(9-17)15-3-14(21-10-22-15)23-13-2-12(19)11(4-18)5-20-13/h2-5,10,18,25H,6-9H2,1H3,(H3,19,20,21,22,23). The Labute approximate surface area is 145 Å². The number of hydrogen-bond acceptors (Lipinski definition) is 8. The molecule has 8 nitrogen and oxygen atoms in total. The normalized spacial score (nSPS) is 19.8. The fraction of sp³-hybridized carbons (Fsp3) is 0.412. The highest BCUT2D eigenvalue weighted by Gasteiger charge is 2.57. The van der Waals surface area contributed by atoms with Crippen molar-refractivity contribution in [2.75, 3.05) is 29.0 Å². The van der Waals surface area contributed by atoms with Crippen molar-refractivity contribution in [1.29, 1.82) is 5.41 Å². The van der Waals surface area contributed by atoms with Crippen LogP contribution in [0.3, 0.4) is 0 Å². The molecule has 1 aliphatic carbocycles. The maximum absolute atomic E-state index is 9.95. The van der Waals surface area contributed by atoms with Gasteiger partial charge in [-0.05, 0) is 19.8 Å². The minimum atomic E-state index is -0.501. The molecule has 4 rings (SSSR count). The van der Waals surface area contributed by atoms with Crippen LogP contribution in [0.1, 0.15) is 25.3 Å². The number of aliphatic hydroxyl groups is 1. The number of nitrogens with two attached hydrogens (primary N) is 1. The molecule has 8 heteroatoms. The van der Waals surface area contributed by atoms with Crippen LogP contribution >= 0.6 is 0 Å². The van der Waals surface area contributed by atoms with Gasteiger partial charge in [-0.25, -0.2) is 15.0 Å². The molecule has 0 unspecified atom stereocenters. The average Bonchev–Trinajstić information content (AvgIpc) is 2.50. The molecule has 0 bridgehead atoms. The maximum Gasteiger partial charge on any atom is 0.137 e. The number of pyridine rings is 1. The molecule has 1 aliphatic heterocycles. The zero-order valence-corrected chi connectivity index (χ0v) is 14.0. The van der Waals surface area contributed by atoms with Gasteiger partial charge in [-0.1, -0.05) is 0 Å². The van der Waals surface area contributed by atoms with Crippen molar-refractivity contribution in [3.63, 3.8) is 0 Å². The van der Waals surface area contributed by atoms with E-state index >= 15 is 0 Å². The Morgan fingerprint density at radius 3 is 2.60 bits per heavy atom. The maximum atomic E-state index is 9.95. The van der Waals surface area contributed by atoms with Crippen LogP contribution in [0.25, 0.3) is 0 Å². The topological polar surface area (TPSA) is 124 Å². The summed E-state index contributed by atoms with van der Waals surface area (Å²) < 4.78 is 0. The van der Waals surface area contributed by atoms with Crippen LogP contribution in [-0.4, -0.2) is 45.0 Å². The molecular formula is C17H21N7O. The predicted molar refractivity (Wildman–Crippen MR) is 96.4 cm³/mol. The van der Waals surface area contributed by atoms with Gasteiger partial charge in [-0.15, -0.1) is 0 Å². The van der Waals surface area contributed by atoms with E-state index in [1.165, 1.54) is 12.5 Å². The first-order valence-electron chi connectivity index (χ1n) is 8.21. The van der Waals surface area contributed by atoms with Gasteiger partial charge in [0.25, 0.3) is 0 Å². The summed E-state index contributed by atoms with van der Waals surface area (Å²) >= 11 is 0. The highest BCUT2D eigenvalue weighted by Crippen LogP contribution is 2.54. The van der Waals surface area contributed by atoms with Gasteiger partial charge >= 0.3 is 0 Å². The van der Waals surface area contributed by atoms with Gasteiger partial charge in [0.1, 0.15) is 23.8 Å². The van der Waals surface area contributed by atoms with Crippen LogP contribution in [0.15, 0.2) is 24.7 Å². The lowest BCUT2D eigenvalue weighted by Gasteiger charge is -2.61. The van der Waals surface area contributed by atoms with Gasteiger partial charge in [0, 0.05) is 54.3 Å². The molecule has 0 amide bonds. The first-order valence-corrected chi connectivity index (χ1v) is 8.21. The van der Waals surface area contributed by atoms with Gasteiger partial charge in [0.15, 0.2) is 0 Å². The Bertz CT molecular complexity index is 819. The largest absolute Gasteiger partial charge is 0.398 e. The molecule has 2 aliphatic rings. The van der Waals surface area contributed by atoms with Gasteiger partial charge in [0.2, 0.25) is 0 Å². The fourth-order valence-electron chi connectivity index (χ4n) is 4.10. The fourth-order valence-corrected chi connectivity index (χ4v) is 4.10. The van der Waals surface area contributed by atoms with E-state index in [0.717, 1.165) is 31.7 Å². The van der Waals surface area contributed by atoms with Crippen LogP contribution in [0.5, 0.6) is 0 Å². The van der Waals surface area contributed by atoms with Crippen molar-refractivity contribution >= 4 is 29.4 Å². The van der Waals surface area contributed by atoms with Crippen molar-refractivity contribution in [3.05, 3.63) is 30.2 Å². The zero-order valence-electron chi connectivity index (χ0n) is 14.0. The van der Waals surface area contributed by atoms with Crippen LogP contribution in [-0.2, 0) is 0 Å². The Morgan fingerprint density at radius 2 is 1.96 bits per heavy atom. The van der Waals surface area contributed by atoms with Crippen LogP contribution in [0.2, 0.25) is 0 Å². The summed E-state index contributed by atoms with van der Waals surface area (Å²) in [5, 5.41) is 20.3. The molecule has 1 spiro atoms. The second-order valence-corrected chi connectivity index (χ2v) is 7.44. The molecule has 1 saturated carbocycles. The monoisotopic (exact) mass is 339 g/mol. The smallest absolute Gasteiger partial charge is 0.137 e. The SMILES string of the molecule is CC1(O)CC2(CN(c3cc(Nc4cc(N)c(C=N)cn4)ncn3)C2)C1. The van der Waals surface area contributed by atoms with E-state index < -0.39 is 5.60 Å². The summed E-state index contributed by atoms with van der Waals surface area (Å²) in [4.78, 5) is 15.0. The third-order valence-corrected chi connectivity index (χ3v) is 4.92. The average molecular weight is 339 g/mol. The minimum absolute atomic E-state index is 0.251. The molecule has 0 radical (unpaired) electrons. The number of nitrogens with zero attached hydrogens (tertiary/aromatic N) is 4. The molecule has 3 heterocycles. The van der Waals surface area contributed by atoms with Crippen LogP contribution in [0, 0.1) is 10.8 Å². The van der Waals surface area contributed by atoms with Gasteiger partial charge in [-0.2, -0.15) is 0 Å². The lowest BCUT2D eigenvalue weighted by molar-refractivity contribution is -0.126. The van der Waals surface area contributed by atoms with Gasteiger partial charge in [-0.3, -0.25) is 0 Å². The number of nitrogen functional groups attached to an aromatic ring is 1. The molecule has 0 atom stereocenters. The quantitative estimate of drug-likeness (QED) is 0.623. The Kier molecular flexibility index (Phi) is 3.40. The number of rotatable bonds is 4. The van der Waals surface area contributed by atoms with Crippen molar-refractivity contribution in [2.24, 2.45) is 5.41 Å². The van der Waals surface area contributed by atoms with Crippen molar-refractivity contribution in [1.82, 2.24) is 15.0 Å². The van der Waals surface area contributed by atoms with Crippen LogP contribution < -0.4 is 16.0 Å². The third-order valence-electron chi connectivity index (χ3n) is 4.92. The summed E-state index contributed by atoms with van der Waals surface area (Å²) in [6.45, 7) is 3.73. The van der Waals surface area contributed by atoms with Gasteiger partial charge < -0.3 is 26.5 Å². The highest BCUT2D eigenvalue weighted by molar-refractivity contribution is 5.85. The second kappa shape index (κ2) is 5.38. The summed E-state index contributed by atoms with van der Waals surface area (Å²) in [5.41, 5.74) is 6.69. The Morgan fingerprint density at radius 1 is 1.24 bits per heavy atom.